The molecule has 0 bridgehead atoms. The van der Waals surface area contributed by atoms with Gasteiger partial charge in [-0.1, -0.05) is 48.5 Å². The van der Waals surface area contributed by atoms with Crippen LogP contribution in [0.2, 0.25) is 0 Å². The van der Waals surface area contributed by atoms with Gasteiger partial charge in [0.15, 0.2) is 0 Å². The average molecular weight is 349 g/mol. The number of para-hydroxylation sites is 1. The molecular weight excluding hydrogens is 322 g/mol. The van der Waals surface area contributed by atoms with E-state index in [1.54, 1.807) is 0 Å². The Hall–Kier alpha value is -2.59. The SMILES string of the molecule is NCCN(CCCc1ccccc1)C(=O)CCc1c[nH]c2ccccc12. The zero-order valence-corrected chi connectivity index (χ0v) is 15.2. The van der Waals surface area contributed by atoms with E-state index in [-0.39, 0.29) is 5.91 Å². The summed E-state index contributed by atoms with van der Waals surface area (Å²) >= 11 is 0. The van der Waals surface area contributed by atoms with Crippen molar-refractivity contribution in [2.45, 2.75) is 25.7 Å². The van der Waals surface area contributed by atoms with E-state index >= 15 is 0 Å². The summed E-state index contributed by atoms with van der Waals surface area (Å²) in [5.74, 6) is 0.189. The molecule has 0 aliphatic carbocycles. The minimum Gasteiger partial charge on any atom is -0.361 e. The first-order chi connectivity index (χ1) is 12.8. The zero-order valence-electron chi connectivity index (χ0n) is 15.2. The highest BCUT2D eigenvalue weighted by atomic mass is 16.2. The van der Waals surface area contributed by atoms with Crippen molar-refractivity contribution >= 4 is 16.8 Å². The summed E-state index contributed by atoms with van der Waals surface area (Å²) in [5, 5.41) is 1.20. The lowest BCUT2D eigenvalue weighted by Crippen LogP contribution is -2.36. The van der Waals surface area contributed by atoms with Crippen molar-refractivity contribution in [3.05, 3.63) is 71.9 Å². The van der Waals surface area contributed by atoms with E-state index in [1.165, 1.54) is 16.5 Å². The van der Waals surface area contributed by atoms with Crippen molar-refractivity contribution in [3.63, 3.8) is 0 Å². The molecule has 3 N–H and O–H groups in total. The third-order valence-electron chi connectivity index (χ3n) is 4.77. The molecule has 0 unspecified atom stereocenters. The number of H-pyrrole nitrogens is 1. The molecule has 1 heterocycles. The first-order valence-corrected chi connectivity index (χ1v) is 9.34. The molecule has 0 saturated heterocycles. The number of hydrogen-bond donors (Lipinski definition) is 2. The second-order valence-electron chi connectivity index (χ2n) is 6.62. The van der Waals surface area contributed by atoms with Gasteiger partial charge in [0.2, 0.25) is 5.91 Å². The second-order valence-corrected chi connectivity index (χ2v) is 6.62. The molecule has 136 valence electrons. The number of nitrogens with two attached hydrogens (primary N) is 1. The number of nitrogens with zero attached hydrogens (tertiary/aromatic N) is 1. The molecule has 4 heteroatoms. The number of aryl methyl sites for hydroxylation is 2. The number of nitrogens with one attached hydrogen (secondary N) is 1. The van der Waals surface area contributed by atoms with Gasteiger partial charge in [-0.15, -0.1) is 0 Å². The Morgan fingerprint density at radius 2 is 1.73 bits per heavy atom. The summed E-state index contributed by atoms with van der Waals surface area (Å²) in [5.41, 5.74) is 9.35. The van der Waals surface area contributed by atoms with Crippen LogP contribution in [0, 0.1) is 0 Å². The molecule has 2 aromatic carbocycles. The van der Waals surface area contributed by atoms with Gasteiger partial charge in [0, 0.05) is 43.2 Å². The van der Waals surface area contributed by atoms with Gasteiger partial charge in [0.1, 0.15) is 0 Å². The summed E-state index contributed by atoms with van der Waals surface area (Å²) < 4.78 is 0. The Labute approximate surface area is 155 Å². The molecule has 0 fully saturated rings. The van der Waals surface area contributed by atoms with Crippen LogP contribution in [-0.4, -0.2) is 35.4 Å². The Bertz CT molecular complexity index is 826. The van der Waals surface area contributed by atoms with Gasteiger partial charge in [-0.3, -0.25) is 4.79 Å². The number of amides is 1. The van der Waals surface area contributed by atoms with Gasteiger partial charge in [-0.25, -0.2) is 0 Å². The van der Waals surface area contributed by atoms with Crippen molar-refractivity contribution in [2.75, 3.05) is 19.6 Å². The summed E-state index contributed by atoms with van der Waals surface area (Å²) in [6.45, 7) is 1.89. The molecule has 1 aromatic heterocycles. The topological polar surface area (TPSA) is 62.1 Å². The summed E-state index contributed by atoms with van der Waals surface area (Å²) in [6, 6.07) is 18.6. The smallest absolute Gasteiger partial charge is 0.222 e. The van der Waals surface area contributed by atoms with Gasteiger partial charge in [-0.2, -0.15) is 0 Å². The highest BCUT2D eigenvalue weighted by molar-refractivity contribution is 5.84. The Morgan fingerprint density at radius 3 is 2.54 bits per heavy atom. The summed E-state index contributed by atoms with van der Waals surface area (Å²) in [6.07, 6.45) is 5.23. The Kier molecular flexibility index (Phi) is 6.45. The fourth-order valence-corrected chi connectivity index (χ4v) is 3.37. The van der Waals surface area contributed by atoms with Gasteiger partial charge in [0.25, 0.3) is 0 Å². The van der Waals surface area contributed by atoms with Crippen LogP contribution in [0.15, 0.2) is 60.8 Å². The van der Waals surface area contributed by atoms with Crippen molar-refractivity contribution in [1.29, 1.82) is 0 Å². The molecule has 0 radical (unpaired) electrons. The molecule has 26 heavy (non-hydrogen) atoms. The summed E-state index contributed by atoms with van der Waals surface area (Å²) in [4.78, 5) is 17.9. The largest absolute Gasteiger partial charge is 0.361 e. The van der Waals surface area contributed by atoms with Crippen LogP contribution in [0.4, 0.5) is 0 Å². The maximum absolute atomic E-state index is 12.7. The number of aromatic nitrogens is 1. The maximum Gasteiger partial charge on any atom is 0.222 e. The monoisotopic (exact) mass is 349 g/mol. The van der Waals surface area contributed by atoms with Crippen LogP contribution in [0.1, 0.15) is 24.0 Å². The lowest BCUT2D eigenvalue weighted by molar-refractivity contribution is -0.131. The fraction of sp³-hybridized carbons (Fsp3) is 0.318. The third kappa shape index (κ3) is 4.73. The highest BCUT2D eigenvalue weighted by Crippen LogP contribution is 2.19. The van der Waals surface area contributed by atoms with Crippen molar-refractivity contribution in [3.8, 4) is 0 Å². The molecule has 0 atom stereocenters. The quantitative estimate of drug-likeness (QED) is 0.621. The molecule has 0 spiro atoms. The van der Waals surface area contributed by atoms with Crippen molar-refractivity contribution < 1.29 is 4.79 Å². The number of carbonyl (C=O) groups excluding carboxylic acids is 1. The minimum atomic E-state index is 0.189. The molecular formula is C22H27N3O. The van der Waals surface area contributed by atoms with Crippen molar-refractivity contribution in [1.82, 2.24) is 9.88 Å². The molecule has 0 aliphatic heterocycles. The number of fused-ring (bicyclic) bond motifs is 1. The zero-order chi connectivity index (χ0) is 18.2. The summed E-state index contributed by atoms with van der Waals surface area (Å²) in [7, 11) is 0. The van der Waals surface area contributed by atoms with Crippen molar-refractivity contribution in [2.24, 2.45) is 5.73 Å². The predicted molar refractivity (Wildman–Crippen MR) is 107 cm³/mol. The average Bonchev–Trinajstić information content (AvgIpc) is 3.09. The van der Waals surface area contributed by atoms with E-state index in [2.05, 4.69) is 41.4 Å². The van der Waals surface area contributed by atoms with Crippen LogP contribution >= 0.6 is 0 Å². The molecule has 0 aliphatic rings. The fourth-order valence-electron chi connectivity index (χ4n) is 3.37. The first kappa shape index (κ1) is 18.2. The molecule has 3 rings (SSSR count). The van der Waals surface area contributed by atoms with Crippen LogP contribution in [0.3, 0.4) is 0 Å². The molecule has 4 nitrogen and oxygen atoms in total. The number of rotatable bonds is 9. The predicted octanol–water partition coefficient (Wildman–Crippen LogP) is 3.52. The highest BCUT2D eigenvalue weighted by Gasteiger charge is 2.13. The van der Waals surface area contributed by atoms with Gasteiger partial charge < -0.3 is 15.6 Å². The van der Waals surface area contributed by atoms with E-state index in [4.69, 9.17) is 5.73 Å². The lowest BCUT2D eigenvalue weighted by Gasteiger charge is -2.22. The standard InChI is InChI=1S/C22H27N3O/c23-14-16-25(15-6-9-18-7-2-1-3-8-18)22(26)13-12-19-17-24-21-11-5-4-10-20(19)21/h1-5,7-8,10-11,17,24H,6,9,12-16,23H2. The second kappa shape index (κ2) is 9.20. The van der Waals surface area contributed by atoms with Crippen LogP contribution in [0.25, 0.3) is 10.9 Å². The molecule has 0 saturated carbocycles. The Morgan fingerprint density at radius 1 is 0.962 bits per heavy atom. The minimum absolute atomic E-state index is 0.189. The molecule has 1 amide bonds. The number of hydrogen-bond acceptors (Lipinski definition) is 2. The van der Waals surface area contributed by atoms with E-state index in [1.807, 2.05) is 29.3 Å². The number of benzene rings is 2. The van der Waals surface area contributed by atoms with Crippen LogP contribution < -0.4 is 5.73 Å². The van der Waals surface area contributed by atoms with E-state index in [9.17, 15) is 4.79 Å². The Balaban J connectivity index is 1.52. The van der Waals surface area contributed by atoms with Crippen LogP contribution in [0.5, 0.6) is 0 Å². The van der Waals surface area contributed by atoms with Gasteiger partial charge >= 0.3 is 0 Å². The normalized spacial score (nSPS) is 11.0. The number of carbonyl (C=O) groups is 1. The van der Waals surface area contributed by atoms with Gasteiger partial charge in [-0.05, 0) is 36.5 Å². The van der Waals surface area contributed by atoms with Crippen LogP contribution in [-0.2, 0) is 17.6 Å². The first-order valence-electron chi connectivity index (χ1n) is 9.34. The van der Waals surface area contributed by atoms with E-state index in [0.717, 1.165) is 31.3 Å². The number of aromatic amines is 1. The third-order valence-corrected chi connectivity index (χ3v) is 4.77. The molecule has 3 aromatic rings. The lowest BCUT2D eigenvalue weighted by atomic mass is 10.1. The van der Waals surface area contributed by atoms with Gasteiger partial charge in [0.05, 0.1) is 0 Å². The van der Waals surface area contributed by atoms with E-state index < -0.39 is 0 Å². The van der Waals surface area contributed by atoms with E-state index in [0.29, 0.717) is 19.5 Å². The maximum atomic E-state index is 12.7.